The zero-order valence-corrected chi connectivity index (χ0v) is 22.0. The normalized spacial score (nSPS) is 11.0. The second-order valence-electron chi connectivity index (χ2n) is 7.35. The minimum absolute atomic E-state index is 0. The molecule has 0 aliphatic rings. The van der Waals surface area contributed by atoms with Gasteiger partial charge in [-0.25, -0.2) is 4.99 Å². The summed E-state index contributed by atoms with van der Waals surface area (Å²) in [4.78, 5) is 4.75. The Labute approximate surface area is 212 Å². The lowest BCUT2D eigenvalue weighted by Gasteiger charge is -2.13. The largest absolute Gasteiger partial charge is 0.497 e. The van der Waals surface area contributed by atoms with E-state index >= 15 is 0 Å². The lowest BCUT2D eigenvalue weighted by Crippen LogP contribution is -2.38. The molecule has 33 heavy (non-hydrogen) atoms. The highest BCUT2D eigenvalue weighted by molar-refractivity contribution is 14.0. The number of aromatic nitrogens is 3. The van der Waals surface area contributed by atoms with Gasteiger partial charge in [-0.3, -0.25) is 0 Å². The molecule has 178 valence electrons. The number of nitrogens with zero attached hydrogens (tertiary/aromatic N) is 4. The fourth-order valence-electron chi connectivity index (χ4n) is 3.13. The molecule has 1 heterocycles. The second kappa shape index (κ2) is 13.7. The SMILES string of the molecule is CCOc1cccc(CCNC(=NCc2ccc(OC)cc2)NCc2nnc(C)n2C)c1.I. The first kappa shape index (κ1) is 26.4. The van der Waals surface area contributed by atoms with E-state index in [-0.39, 0.29) is 24.0 Å². The van der Waals surface area contributed by atoms with Gasteiger partial charge in [-0.2, -0.15) is 0 Å². The third-order valence-corrected chi connectivity index (χ3v) is 5.09. The van der Waals surface area contributed by atoms with Crippen molar-refractivity contribution in [3.8, 4) is 11.5 Å². The molecule has 1 aromatic heterocycles. The molecule has 0 saturated carbocycles. The zero-order chi connectivity index (χ0) is 22.8. The maximum absolute atomic E-state index is 5.60. The van der Waals surface area contributed by atoms with E-state index in [1.54, 1.807) is 7.11 Å². The van der Waals surface area contributed by atoms with Crippen LogP contribution in [0.15, 0.2) is 53.5 Å². The molecule has 2 N–H and O–H groups in total. The quantitative estimate of drug-likeness (QED) is 0.222. The molecule has 0 saturated heterocycles. The number of aryl methyl sites for hydroxylation is 1. The number of benzene rings is 2. The van der Waals surface area contributed by atoms with Gasteiger partial charge in [0.05, 0.1) is 26.8 Å². The summed E-state index contributed by atoms with van der Waals surface area (Å²) < 4.78 is 12.8. The van der Waals surface area contributed by atoms with Gasteiger partial charge in [0, 0.05) is 13.6 Å². The van der Waals surface area contributed by atoms with Crippen LogP contribution in [0.5, 0.6) is 11.5 Å². The van der Waals surface area contributed by atoms with Crippen molar-refractivity contribution in [3.63, 3.8) is 0 Å². The van der Waals surface area contributed by atoms with Crippen molar-refractivity contribution in [1.29, 1.82) is 0 Å². The Morgan fingerprint density at radius 3 is 2.48 bits per heavy atom. The minimum atomic E-state index is 0. The molecule has 0 bridgehead atoms. The summed E-state index contributed by atoms with van der Waals surface area (Å²) in [6, 6.07) is 16.1. The highest BCUT2D eigenvalue weighted by atomic mass is 127. The van der Waals surface area contributed by atoms with Crippen molar-refractivity contribution in [1.82, 2.24) is 25.4 Å². The number of ether oxygens (including phenoxy) is 2. The molecule has 8 nitrogen and oxygen atoms in total. The third kappa shape index (κ3) is 8.23. The smallest absolute Gasteiger partial charge is 0.191 e. The fraction of sp³-hybridized carbons (Fsp3) is 0.375. The summed E-state index contributed by atoms with van der Waals surface area (Å²) in [7, 11) is 3.62. The lowest BCUT2D eigenvalue weighted by molar-refractivity contribution is 0.340. The topological polar surface area (TPSA) is 85.6 Å². The number of aliphatic imine (C=N–C) groups is 1. The van der Waals surface area contributed by atoms with Gasteiger partial charge in [0.1, 0.15) is 17.3 Å². The molecular formula is C24H33IN6O2. The van der Waals surface area contributed by atoms with Crippen LogP contribution in [0.3, 0.4) is 0 Å². The van der Waals surface area contributed by atoms with Gasteiger partial charge in [-0.15, -0.1) is 34.2 Å². The molecule has 0 spiro atoms. The molecule has 0 amide bonds. The van der Waals surface area contributed by atoms with Gasteiger partial charge in [-0.1, -0.05) is 24.3 Å². The molecule has 0 unspecified atom stereocenters. The Morgan fingerprint density at radius 1 is 1.03 bits per heavy atom. The molecule has 0 fully saturated rings. The van der Waals surface area contributed by atoms with Gasteiger partial charge in [-0.05, 0) is 55.7 Å². The molecule has 3 rings (SSSR count). The molecular weight excluding hydrogens is 531 g/mol. The van der Waals surface area contributed by atoms with Crippen LogP contribution in [-0.2, 0) is 26.6 Å². The number of nitrogens with one attached hydrogen (secondary N) is 2. The molecule has 0 aliphatic heterocycles. The van der Waals surface area contributed by atoms with Crippen LogP contribution in [0.4, 0.5) is 0 Å². The van der Waals surface area contributed by atoms with E-state index in [9.17, 15) is 0 Å². The van der Waals surface area contributed by atoms with Crippen LogP contribution in [-0.4, -0.2) is 41.0 Å². The van der Waals surface area contributed by atoms with Crippen LogP contribution in [0.2, 0.25) is 0 Å². The first-order valence-electron chi connectivity index (χ1n) is 10.8. The Morgan fingerprint density at radius 2 is 1.82 bits per heavy atom. The number of rotatable bonds is 10. The predicted octanol–water partition coefficient (Wildman–Crippen LogP) is 3.63. The highest BCUT2D eigenvalue weighted by Gasteiger charge is 2.07. The summed E-state index contributed by atoms with van der Waals surface area (Å²) in [5.41, 5.74) is 2.31. The van der Waals surface area contributed by atoms with E-state index in [2.05, 4.69) is 33.0 Å². The van der Waals surface area contributed by atoms with Gasteiger partial charge in [0.15, 0.2) is 11.8 Å². The molecule has 0 radical (unpaired) electrons. The first-order chi connectivity index (χ1) is 15.6. The van der Waals surface area contributed by atoms with E-state index in [1.165, 1.54) is 5.56 Å². The van der Waals surface area contributed by atoms with Crippen LogP contribution < -0.4 is 20.1 Å². The summed E-state index contributed by atoms with van der Waals surface area (Å²) in [5, 5.41) is 15.1. The molecule has 3 aromatic rings. The molecule has 2 aromatic carbocycles. The standard InChI is InChI=1S/C24H32N6O2.HI/c1-5-32-22-8-6-7-19(15-22)13-14-25-24(27-17-23-29-28-18(2)30(23)3)26-16-20-9-11-21(31-4)12-10-20;/h6-12,15H,5,13-14,16-17H2,1-4H3,(H2,25,26,27);1H. The fourth-order valence-corrected chi connectivity index (χ4v) is 3.13. The Balaban J connectivity index is 0.00000385. The lowest BCUT2D eigenvalue weighted by atomic mass is 10.1. The van der Waals surface area contributed by atoms with Gasteiger partial charge < -0.3 is 24.7 Å². The molecule has 0 aliphatic carbocycles. The Hall–Kier alpha value is -2.82. The Kier molecular flexibility index (Phi) is 10.9. The van der Waals surface area contributed by atoms with Gasteiger partial charge in [0.2, 0.25) is 0 Å². The van der Waals surface area contributed by atoms with Crippen LogP contribution in [0, 0.1) is 6.92 Å². The first-order valence-corrected chi connectivity index (χ1v) is 10.8. The second-order valence-corrected chi connectivity index (χ2v) is 7.35. The van der Waals surface area contributed by atoms with Crippen molar-refractivity contribution in [2.24, 2.45) is 12.0 Å². The van der Waals surface area contributed by atoms with E-state index < -0.39 is 0 Å². The van der Waals surface area contributed by atoms with Gasteiger partial charge >= 0.3 is 0 Å². The average molecular weight is 564 g/mol. The molecule has 9 heteroatoms. The number of methoxy groups -OCH3 is 1. The highest BCUT2D eigenvalue weighted by Crippen LogP contribution is 2.14. The summed E-state index contributed by atoms with van der Waals surface area (Å²) >= 11 is 0. The van der Waals surface area contributed by atoms with E-state index in [0.29, 0.717) is 19.7 Å². The van der Waals surface area contributed by atoms with E-state index in [1.807, 2.05) is 61.9 Å². The summed E-state index contributed by atoms with van der Waals surface area (Å²) in [6.45, 7) is 6.41. The Bertz CT molecular complexity index is 1020. The van der Waals surface area contributed by atoms with E-state index in [4.69, 9.17) is 14.5 Å². The van der Waals surface area contributed by atoms with Crippen molar-refractivity contribution in [2.75, 3.05) is 20.3 Å². The van der Waals surface area contributed by atoms with Crippen molar-refractivity contribution >= 4 is 29.9 Å². The third-order valence-electron chi connectivity index (χ3n) is 5.09. The maximum atomic E-state index is 5.60. The van der Waals surface area contributed by atoms with Crippen LogP contribution in [0.25, 0.3) is 0 Å². The summed E-state index contributed by atoms with van der Waals surface area (Å²) in [5.74, 6) is 4.18. The minimum Gasteiger partial charge on any atom is -0.497 e. The van der Waals surface area contributed by atoms with Crippen molar-refractivity contribution < 1.29 is 9.47 Å². The van der Waals surface area contributed by atoms with Gasteiger partial charge in [0.25, 0.3) is 0 Å². The number of hydrogen-bond acceptors (Lipinski definition) is 5. The maximum Gasteiger partial charge on any atom is 0.191 e. The predicted molar refractivity (Wildman–Crippen MR) is 141 cm³/mol. The average Bonchev–Trinajstić information content (AvgIpc) is 3.13. The van der Waals surface area contributed by atoms with E-state index in [0.717, 1.165) is 47.6 Å². The number of halogens is 1. The summed E-state index contributed by atoms with van der Waals surface area (Å²) in [6.07, 6.45) is 0.854. The number of hydrogen-bond donors (Lipinski definition) is 2. The molecule has 0 atom stereocenters. The van der Waals surface area contributed by atoms with Crippen molar-refractivity contribution in [3.05, 3.63) is 71.3 Å². The number of guanidine groups is 1. The monoisotopic (exact) mass is 564 g/mol. The van der Waals surface area contributed by atoms with Crippen LogP contribution >= 0.6 is 24.0 Å². The van der Waals surface area contributed by atoms with Crippen LogP contribution in [0.1, 0.15) is 29.7 Å². The zero-order valence-electron chi connectivity index (χ0n) is 19.7. The van der Waals surface area contributed by atoms with Crippen molar-refractivity contribution in [2.45, 2.75) is 33.4 Å².